The molecule has 1 aliphatic heterocycles. The zero-order valence-electron chi connectivity index (χ0n) is 12.4. The van der Waals surface area contributed by atoms with E-state index in [-0.39, 0.29) is 0 Å². The monoisotopic (exact) mass is 262 g/mol. The molecule has 1 aromatic rings. The summed E-state index contributed by atoms with van der Waals surface area (Å²) in [4.78, 5) is 0. The van der Waals surface area contributed by atoms with Gasteiger partial charge in [-0.25, -0.2) is 0 Å². The first-order chi connectivity index (χ1) is 9.16. The molecule has 1 fully saturated rings. The smallest absolute Gasteiger partial charge is 0.0620 e. The molecule has 0 bridgehead atoms. The van der Waals surface area contributed by atoms with Crippen molar-refractivity contribution >= 4 is 0 Å². The molecule has 1 unspecified atom stereocenters. The summed E-state index contributed by atoms with van der Waals surface area (Å²) < 4.78 is 5.46. The number of hydrogen-bond acceptors (Lipinski definition) is 3. The first kappa shape index (κ1) is 14.5. The van der Waals surface area contributed by atoms with Gasteiger partial charge in [0.05, 0.1) is 13.2 Å². The Labute approximate surface area is 116 Å². The van der Waals surface area contributed by atoms with Crippen LogP contribution in [0.15, 0.2) is 12.1 Å². The quantitative estimate of drug-likeness (QED) is 0.797. The normalized spacial score (nSPS) is 19.6. The minimum absolute atomic E-state index is 0.516. The van der Waals surface area contributed by atoms with Crippen molar-refractivity contribution in [1.82, 2.24) is 10.6 Å². The predicted octanol–water partition coefficient (Wildman–Crippen LogP) is 2.08. The van der Waals surface area contributed by atoms with Crippen molar-refractivity contribution in [3.63, 3.8) is 0 Å². The molecule has 0 aromatic heterocycles. The second-order valence-electron chi connectivity index (χ2n) is 5.55. The van der Waals surface area contributed by atoms with Gasteiger partial charge in [-0.15, -0.1) is 0 Å². The molecule has 19 heavy (non-hydrogen) atoms. The number of nitrogens with one attached hydrogen (secondary N) is 2. The van der Waals surface area contributed by atoms with Gasteiger partial charge in [0.15, 0.2) is 0 Å². The Morgan fingerprint density at radius 2 is 2.00 bits per heavy atom. The van der Waals surface area contributed by atoms with E-state index in [9.17, 15) is 0 Å². The average molecular weight is 262 g/mol. The summed E-state index contributed by atoms with van der Waals surface area (Å²) in [6.45, 7) is 11.2. The van der Waals surface area contributed by atoms with E-state index in [1.54, 1.807) is 0 Å². The van der Waals surface area contributed by atoms with Crippen molar-refractivity contribution in [2.24, 2.45) is 0 Å². The highest BCUT2D eigenvalue weighted by atomic mass is 16.5. The number of benzene rings is 1. The van der Waals surface area contributed by atoms with Crippen LogP contribution in [0.5, 0.6) is 0 Å². The lowest BCUT2D eigenvalue weighted by molar-refractivity contribution is 0.0742. The predicted molar refractivity (Wildman–Crippen MR) is 79.6 cm³/mol. The van der Waals surface area contributed by atoms with E-state index in [0.717, 1.165) is 39.3 Å². The van der Waals surface area contributed by atoms with Crippen LogP contribution in [0, 0.1) is 20.8 Å². The Morgan fingerprint density at radius 1 is 1.21 bits per heavy atom. The van der Waals surface area contributed by atoms with Crippen molar-refractivity contribution in [2.45, 2.75) is 39.8 Å². The van der Waals surface area contributed by atoms with Crippen LogP contribution < -0.4 is 10.6 Å². The van der Waals surface area contributed by atoms with E-state index in [1.165, 1.54) is 22.3 Å². The van der Waals surface area contributed by atoms with E-state index in [1.807, 2.05) is 0 Å². The molecule has 0 spiro atoms. The summed E-state index contributed by atoms with van der Waals surface area (Å²) in [6, 6.07) is 5.10. The second-order valence-corrected chi connectivity index (χ2v) is 5.55. The Morgan fingerprint density at radius 3 is 2.74 bits per heavy atom. The minimum atomic E-state index is 0.516. The van der Waals surface area contributed by atoms with Crippen LogP contribution in [-0.2, 0) is 11.3 Å². The van der Waals surface area contributed by atoms with Crippen molar-refractivity contribution in [2.75, 3.05) is 26.3 Å². The van der Waals surface area contributed by atoms with Gasteiger partial charge in [-0.3, -0.25) is 0 Å². The van der Waals surface area contributed by atoms with Crippen LogP contribution in [0.25, 0.3) is 0 Å². The molecule has 0 radical (unpaired) electrons. The third-order valence-electron chi connectivity index (χ3n) is 3.94. The number of morpholine rings is 1. The molecule has 0 aliphatic carbocycles. The lowest BCUT2D eigenvalue weighted by Gasteiger charge is -2.23. The van der Waals surface area contributed by atoms with Crippen LogP contribution in [-0.4, -0.2) is 32.3 Å². The van der Waals surface area contributed by atoms with Crippen LogP contribution in [0.4, 0.5) is 0 Å². The lowest BCUT2D eigenvalue weighted by Crippen LogP contribution is -2.42. The van der Waals surface area contributed by atoms with E-state index in [0.29, 0.717) is 6.04 Å². The molecule has 3 heteroatoms. The Hall–Kier alpha value is -0.900. The highest BCUT2D eigenvalue weighted by molar-refractivity contribution is 5.36. The van der Waals surface area contributed by atoms with Gasteiger partial charge in [-0.1, -0.05) is 12.1 Å². The molecule has 1 aliphatic rings. The van der Waals surface area contributed by atoms with Gasteiger partial charge in [0, 0.05) is 19.1 Å². The zero-order chi connectivity index (χ0) is 13.7. The molecule has 1 atom stereocenters. The molecular formula is C16H26N2O. The molecule has 0 amide bonds. The maximum absolute atomic E-state index is 5.46. The van der Waals surface area contributed by atoms with Crippen molar-refractivity contribution < 1.29 is 4.74 Å². The standard InChI is InChI=1S/C16H26N2O/c1-12-8-14(3)15(9-13(12)2)10-17-5-4-16-11-19-7-6-18-16/h8-9,16-18H,4-7,10-11H2,1-3H3. The van der Waals surface area contributed by atoms with Crippen LogP contribution >= 0.6 is 0 Å². The van der Waals surface area contributed by atoms with Gasteiger partial charge in [0.2, 0.25) is 0 Å². The van der Waals surface area contributed by atoms with Crippen LogP contribution in [0.3, 0.4) is 0 Å². The third kappa shape index (κ3) is 4.30. The van der Waals surface area contributed by atoms with E-state index < -0.39 is 0 Å². The van der Waals surface area contributed by atoms with E-state index >= 15 is 0 Å². The molecule has 3 nitrogen and oxygen atoms in total. The maximum atomic E-state index is 5.46. The second kappa shape index (κ2) is 7.04. The maximum Gasteiger partial charge on any atom is 0.0620 e. The summed E-state index contributed by atoms with van der Waals surface area (Å²) >= 11 is 0. The van der Waals surface area contributed by atoms with Crippen LogP contribution in [0.2, 0.25) is 0 Å². The van der Waals surface area contributed by atoms with Gasteiger partial charge in [0.1, 0.15) is 0 Å². The van der Waals surface area contributed by atoms with Gasteiger partial charge in [0.25, 0.3) is 0 Å². The lowest BCUT2D eigenvalue weighted by atomic mass is 10.0. The third-order valence-corrected chi connectivity index (χ3v) is 3.94. The van der Waals surface area contributed by atoms with Crippen molar-refractivity contribution in [3.05, 3.63) is 34.4 Å². The molecule has 1 aromatic carbocycles. The molecule has 0 saturated carbocycles. The number of hydrogen-bond donors (Lipinski definition) is 2. The minimum Gasteiger partial charge on any atom is -0.379 e. The van der Waals surface area contributed by atoms with Gasteiger partial charge in [-0.05, 0) is 56.0 Å². The highest BCUT2D eigenvalue weighted by Crippen LogP contribution is 2.15. The largest absolute Gasteiger partial charge is 0.379 e. The Kier molecular flexibility index (Phi) is 5.37. The first-order valence-corrected chi connectivity index (χ1v) is 7.25. The molecule has 106 valence electrons. The summed E-state index contributed by atoms with van der Waals surface area (Å²) in [5.41, 5.74) is 5.56. The van der Waals surface area contributed by atoms with Gasteiger partial charge in [-0.2, -0.15) is 0 Å². The number of aryl methyl sites for hydroxylation is 3. The fourth-order valence-corrected chi connectivity index (χ4v) is 2.52. The SMILES string of the molecule is Cc1cc(C)c(CNCCC2COCCN2)cc1C. The summed E-state index contributed by atoms with van der Waals surface area (Å²) in [7, 11) is 0. The fourth-order valence-electron chi connectivity index (χ4n) is 2.52. The number of ether oxygens (including phenoxy) is 1. The van der Waals surface area contributed by atoms with E-state index in [2.05, 4.69) is 43.5 Å². The molecule has 2 rings (SSSR count). The van der Waals surface area contributed by atoms with Crippen molar-refractivity contribution in [3.8, 4) is 0 Å². The molecule has 1 saturated heterocycles. The van der Waals surface area contributed by atoms with E-state index in [4.69, 9.17) is 4.74 Å². The Bertz CT molecular complexity index is 411. The number of rotatable bonds is 5. The summed E-state index contributed by atoms with van der Waals surface area (Å²) in [6.07, 6.45) is 1.13. The molecule has 1 heterocycles. The average Bonchev–Trinajstić information content (AvgIpc) is 2.41. The van der Waals surface area contributed by atoms with Crippen molar-refractivity contribution in [1.29, 1.82) is 0 Å². The highest BCUT2D eigenvalue weighted by Gasteiger charge is 2.11. The van der Waals surface area contributed by atoms with Gasteiger partial charge < -0.3 is 15.4 Å². The first-order valence-electron chi connectivity index (χ1n) is 7.25. The summed E-state index contributed by atoms with van der Waals surface area (Å²) in [5, 5.41) is 7.02. The molecule has 2 N–H and O–H groups in total. The topological polar surface area (TPSA) is 33.3 Å². The molecular weight excluding hydrogens is 236 g/mol. The van der Waals surface area contributed by atoms with Gasteiger partial charge >= 0.3 is 0 Å². The zero-order valence-corrected chi connectivity index (χ0v) is 12.4. The Balaban J connectivity index is 1.74. The van der Waals surface area contributed by atoms with Crippen LogP contribution in [0.1, 0.15) is 28.7 Å². The fraction of sp³-hybridized carbons (Fsp3) is 0.625. The summed E-state index contributed by atoms with van der Waals surface area (Å²) in [5.74, 6) is 0.